The Bertz CT molecular complexity index is 1020. The van der Waals surface area contributed by atoms with Crippen molar-refractivity contribution in [1.29, 1.82) is 0 Å². The molecule has 168 valence electrons. The summed E-state index contributed by atoms with van der Waals surface area (Å²) in [5.74, 6) is -0.626. The van der Waals surface area contributed by atoms with E-state index in [0.29, 0.717) is 11.0 Å². The van der Waals surface area contributed by atoms with Crippen molar-refractivity contribution in [3.63, 3.8) is 0 Å². The maximum Gasteiger partial charge on any atom is 0.266 e. The van der Waals surface area contributed by atoms with Gasteiger partial charge in [-0.2, -0.15) is 0 Å². The summed E-state index contributed by atoms with van der Waals surface area (Å²) in [4.78, 5) is 19.9. The van der Waals surface area contributed by atoms with Gasteiger partial charge in [0.1, 0.15) is 10.7 Å². The molecular weight excluding hydrogens is 443 g/mol. The molecule has 1 amide bonds. The fourth-order valence-corrected chi connectivity index (χ4v) is 5.26. The van der Waals surface area contributed by atoms with E-state index in [1.807, 2.05) is 0 Å². The van der Waals surface area contributed by atoms with Gasteiger partial charge < -0.3 is 4.90 Å². The van der Waals surface area contributed by atoms with Crippen LogP contribution in [0.25, 0.3) is 0 Å². The zero-order valence-electron chi connectivity index (χ0n) is 17.6. The van der Waals surface area contributed by atoms with E-state index in [1.54, 1.807) is 17.0 Å². The lowest BCUT2D eigenvalue weighted by atomic mass is 9.93. The number of sulfonamides is 1. The lowest BCUT2D eigenvalue weighted by molar-refractivity contribution is -0.0258. The Morgan fingerprint density at radius 1 is 1.13 bits per heavy atom. The summed E-state index contributed by atoms with van der Waals surface area (Å²) in [6.07, 6.45) is 4.92. The van der Waals surface area contributed by atoms with Gasteiger partial charge in [0.25, 0.3) is 15.9 Å². The van der Waals surface area contributed by atoms with Crippen LogP contribution in [0.1, 0.15) is 48.0 Å². The van der Waals surface area contributed by atoms with Gasteiger partial charge in [-0.25, -0.2) is 12.8 Å². The Labute approximate surface area is 187 Å². The van der Waals surface area contributed by atoms with Crippen LogP contribution >= 0.6 is 11.6 Å². The number of hydrogen-bond donors (Lipinski definition) is 0. The first-order valence-electron chi connectivity index (χ1n) is 10.1. The van der Waals surface area contributed by atoms with Crippen LogP contribution in [0.4, 0.5) is 4.39 Å². The van der Waals surface area contributed by atoms with E-state index in [1.165, 1.54) is 44.5 Å². The minimum atomic E-state index is -4.02. The first-order valence-corrected chi connectivity index (χ1v) is 11.9. The quantitative estimate of drug-likeness (QED) is 0.555. The van der Waals surface area contributed by atoms with Gasteiger partial charge in [0.2, 0.25) is 0 Å². The molecule has 31 heavy (non-hydrogen) atoms. The number of amides is 1. The summed E-state index contributed by atoms with van der Waals surface area (Å²) in [6.45, 7) is 0.312. The number of nitrogens with zero attached hydrogens (tertiary/aromatic N) is 2. The van der Waals surface area contributed by atoms with Crippen LogP contribution in [-0.4, -0.2) is 43.9 Å². The highest BCUT2D eigenvalue weighted by molar-refractivity contribution is 7.89. The second-order valence-corrected chi connectivity index (χ2v) is 9.91. The van der Waals surface area contributed by atoms with Crippen LogP contribution in [0.2, 0.25) is 5.02 Å². The third-order valence-electron chi connectivity index (χ3n) is 5.59. The maximum atomic E-state index is 13.5. The van der Waals surface area contributed by atoms with Gasteiger partial charge in [0.15, 0.2) is 0 Å². The van der Waals surface area contributed by atoms with E-state index >= 15 is 0 Å². The summed E-state index contributed by atoms with van der Waals surface area (Å²) in [5.41, 5.74) is 1.03. The van der Waals surface area contributed by atoms with E-state index in [0.717, 1.165) is 37.7 Å². The average Bonchev–Trinajstić information content (AvgIpc) is 2.78. The minimum absolute atomic E-state index is 0.00296. The number of hydroxylamine groups is 1. The monoisotopic (exact) mass is 468 g/mol. The molecule has 0 heterocycles. The van der Waals surface area contributed by atoms with Crippen LogP contribution in [0.3, 0.4) is 0 Å². The predicted octanol–water partition coefficient (Wildman–Crippen LogP) is 4.64. The van der Waals surface area contributed by atoms with Crippen molar-refractivity contribution in [3.05, 3.63) is 64.4 Å². The van der Waals surface area contributed by atoms with Gasteiger partial charge in [-0.05, 0) is 48.7 Å². The highest BCUT2D eigenvalue weighted by atomic mass is 35.5. The average molecular weight is 469 g/mol. The molecule has 0 aliphatic heterocycles. The Morgan fingerprint density at radius 2 is 1.77 bits per heavy atom. The molecule has 1 fully saturated rings. The molecular formula is C22H26ClFN2O4S. The van der Waals surface area contributed by atoms with E-state index in [4.69, 9.17) is 16.4 Å². The minimum Gasteiger partial charge on any atom is -0.331 e. The Hall–Kier alpha value is -2.00. The number of carbonyl (C=O) groups is 1. The standard InChI is InChI=1S/C22H26ClFN2O4S/c1-25(30-2)31(28,29)21-14-17(10-13-20(21)23)22(27)26(19-6-4-3-5-7-19)15-16-8-11-18(24)12-9-16/h8-14,19H,3-7,15H2,1-2H3. The molecule has 1 aliphatic carbocycles. The van der Waals surface area contributed by atoms with Gasteiger partial charge in [0.05, 0.1) is 12.1 Å². The zero-order chi connectivity index (χ0) is 22.6. The molecule has 0 atom stereocenters. The van der Waals surface area contributed by atoms with Crippen LogP contribution in [0.15, 0.2) is 47.4 Å². The number of benzene rings is 2. The molecule has 9 heteroatoms. The lowest BCUT2D eigenvalue weighted by Gasteiger charge is -2.35. The Morgan fingerprint density at radius 3 is 2.39 bits per heavy atom. The normalized spacial score (nSPS) is 15.3. The fourth-order valence-electron chi connectivity index (χ4n) is 3.78. The molecule has 1 aliphatic rings. The maximum absolute atomic E-state index is 13.5. The van der Waals surface area contributed by atoms with Crippen LogP contribution in [0, 0.1) is 5.82 Å². The molecule has 0 spiro atoms. The van der Waals surface area contributed by atoms with E-state index < -0.39 is 10.0 Å². The van der Waals surface area contributed by atoms with Crippen LogP contribution in [-0.2, 0) is 21.4 Å². The van der Waals surface area contributed by atoms with Gasteiger partial charge in [-0.15, -0.1) is 0 Å². The largest absolute Gasteiger partial charge is 0.331 e. The fraction of sp³-hybridized carbons (Fsp3) is 0.409. The molecule has 2 aromatic carbocycles. The molecule has 2 aromatic rings. The molecule has 3 rings (SSSR count). The summed E-state index contributed by atoms with van der Waals surface area (Å²) < 4.78 is 39.4. The van der Waals surface area contributed by atoms with Crippen LogP contribution in [0.5, 0.6) is 0 Å². The second-order valence-electron chi connectivity index (χ2n) is 7.59. The topological polar surface area (TPSA) is 66.9 Å². The van der Waals surface area contributed by atoms with E-state index in [-0.39, 0.29) is 33.2 Å². The Kier molecular flexibility index (Phi) is 7.69. The summed E-state index contributed by atoms with van der Waals surface area (Å²) in [6, 6.07) is 10.3. The zero-order valence-corrected chi connectivity index (χ0v) is 19.1. The van der Waals surface area contributed by atoms with Gasteiger partial charge >= 0.3 is 0 Å². The van der Waals surface area contributed by atoms with Crippen molar-refractivity contribution in [3.8, 4) is 0 Å². The van der Waals surface area contributed by atoms with Crippen molar-refractivity contribution >= 4 is 27.5 Å². The summed E-state index contributed by atoms with van der Waals surface area (Å²) in [7, 11) is -1.54. The summed E-state index contributed by atoms with van der Waals surface area (Å²) in [5, 5.41) is 0.00296. The third-order valence-corrected chi connectivity index (χ3v) is 7.76. The molecule has 0 saturated heterocycles. The van der Waals surface area contributed by atoms with Gasteiger partial charge in [-0.1, -0.05) is 47.5 Å². The summed E-state index contributed by atoms with van der Waals surface area (Å²) >= 11 is 6.14. The number of rotatable bonds is 7. The van der Waals surface area contributed by atoms with Crippen molar-refractivity contribution in [2.45, 2.75) is 49.6 Å². The molecule has 0 unspecified atom stereocenters. The molecule has 0 N–H and O–H groups in total. The van der Waals surface area contributed by atoms with E-state index in [2.05, 4.69) is 0 Å². The molecule has 0 aromatic heterocycles. The highest BCUT2D eigenvalue weighted by Crippen LogP contribution is 2.29. The molecule has 1 saturated carbocycles. The van der Waals surface area contributed by atoms with Crippen molar-refractivity contribution in [2.75, 3.05) is 14.2 Å². The van der Waals surface area contributed by atoms with Gasteiger partial charge in [-0.3, -0.25) is 9.63 Å². The molecule has 0 bridgehead atoms. The lowest BCUT2D eigenvalue weighted by Crippen LogP contribution is -2.41. The molecule has 0 radical (unpaired) electrons. The SMILES string of the molecule is CON(C)S(=O)(=O)c1cc(C(=O)N(Cc2ccc(F)cc2)C2CCCCC2)ccc1Cl. The smallest absolute Gasteiger partial charge is 0.266 e. The van der Waals surface area contributed by atoms with Crippen LogP contribution < -0.4 is 0 Å². The van der Waals surface area contributed by atoms with Crippen molar-refractivity contribution < 1.29 is 22.4 Å². The first-order chi connectivity index (χ1) is 14.7. The predicted molar refractivity (Wildman–Crippen MR) is 117 cm³/mol. The number of carbonyl (C=O) groups excluding carboxylic acids is 1. The number of halogens is 2. The van der Waals surface area contributed by atoms with E-state index in [9.17, 15) is 17.6 Å². The number of hydrogen-bond acceptors (Lipinski definition) is 4. The highest BCUT2D eigenvalue weighted by Gasteiger charge is 2.29. The van der Waals surface area contributed by atoms with Gasteiger partial charge in [0, 0.05) is 25.2 Å². The van der Waals surface area contributed by atoms with Crippen molar-refractivity contribution in [1.82, 2.24) is 9.37 Å². The second kappa shape index (κ2) is 10.1. The first kappa shape index (κ1) is 23.7. The third kappa shape index (κ3) is 5.44. The Balaban J connectivity index is 1.97. The van der Waals surface area contributed by atoms with Crippen molar-refractivity contribution in [2.24, 2.45) is 0 Å². The molecule has 6 nitrogen and oxygen atoms in total.